The van der Waals surface area contributed by atoms with Gasteiger partial charge in [-0.15, -0.1) is 0 Å². The van der Waals surface area contributed by atoms with Gasteiger partial charge < -0.3 is 5.32 Å². The maximum Gasteiger partial charge on any atom is 0.0671 e. The summed E-state index contributed by atoms with van der Waals surface area (Å²) in [6.45, 7) is 4.58. The highest BCUT2D eigenvalue weighted by molar-refractivity contribution is 9.11. The summed E-state index contributed by atoms with van der Waals surface area (Å²) in [5.74, 6) is 0.00473. The van der Waals surface area contributed by atoms with Crippen molar-refractivity contribution in [3.8, 4) is 6.07 Å². The van der Waals surface area contributed by atoms with E-state index in [1.165, 1.54) is 5.56 Å². The van der Waals surface area contributed by atoms with E-state index in [0.717, 1.165) is 14.6 Å². The van der Waals surface area contributed by atoms with Crippen LogP contribution in [0.15, 0.2) is 21.1 Å². The van der Waals surface area contributed by atoms with Gasteiger partial charge in [0.25, 0.3) is 0 Å². The number of nitrogens with zero attached hydrogens (tertiary/aromatic N) is 1. The van der Waals surface area contributed by atoms with Crippen molar-refractivity contribution in [3.05, 3.63) is 26.6 Å². The Balaban J connectivity index is 2.82. The third kappa shape index (κ3) is 3.51. The molecule has 0 saturated heterocycles. The number of nitrogens with one attached hydrogen (secondary N) is 1. The molecule has 1 atom stereocenters. The highest BCUT2D eigenvalue weighted by Gasteiger charge is 2.07. The maximum absolute atomic E-state index is 8.68. The van der Waals surface area contributed by atoms with Gasteiger partial charge in [0.05, 0.1) is 17.7 Å². The Morgan fingerprint density at radius 3 is 2.40 bits per heavy atom. The van der Waals surface area contributed by atoms with Gasteiger partial charge >= 0.3 is 0 Å². The van der Waals surface area contributed by atoms with Crippen molar-refractivity contribution in [1.29, 1.82) is 5.26 Å². The van der Waals surface area contributed by atoms with Crippen LogP contribution in [-0.2, 0) is 0 Å². The Morgan fingerprint density at radius 2 is 1.93 bits per heavy atom. The molecule has 0 bridgehead atoms. The molecule has 2 nitrogen and oxygen atoms in total. The molecule has 0 fully saturated rings. The number of nitriles is 1. The summed E-state index contributed by atoms with van der Waals surface area (Å²) in [6.07, 6.45) is 0. The average molecular weight is 332 g/mol. The topological polar surface area (TPSA) is 35.8 Å². The van der Waals surface area contributed by atoms with Gasteiger partial charge in [-0.1, -0.05) is 0 Å². The summed E-state index contributed by atoms with van der Waals surface area (Å²) >= 11 is 6.99. The fourth-order valence-corrected chi connectivity index (χ4v) is 2.87. The van der Waals surface area contributed by atoms with Crippen LogP contribution in [0, 0.1) is 24.2 Å². The van der Waals surface area contributed by atoms with Gasteiger partial charge in [0, 0.05) is 15.5 Å². The summed E-state index contributed by atoms with van der Waals surface area (Å²) in [5, 5.41) is 11.9. The molecule has 1 unspecified atom stereocenters. The zero-order chi connectivity index (χ0) is 11.4. The van der Waals surface area contributed by atoms with Crippen LogP contribution in [0.5, 0.6) is 0 Å². The van der Waals surface area contributed by atoms with Gasteiger partial charge in [-0.2, -0.15) is 5.26 Å². The number of hydrogen-bond donors (Lipinski definition) is 1. The Bertz CT molecular complexity index is 373. The molecule has 0 spiro atoms. The second-order valence-corrected chi connectivity index (χ2v) is 5.22. The molecule has 1 N–H and O–H groups in total. The van der Waals surface area contributed by atoms with Gasteiger partial charge in [0.15, 0.2) is 0 Å². The first-order chi connectivity index (χ1) is 7.04. The highest BCUT2D eigenvalue weighted by atomic mass is 79.9. The largest absolute Gasteiger partial charge is 0.382 e. The maximum atomic E-state index is 8.68. The normalized spacial score (nSPS) is 11.9. The van der Waals surface area contributed by atoms with Crippen molar-refractivity contribution in [3.63, 3.8) is 0 Å². The fraction of sp³-hybridized carbons (Fsp3) is 0.364. The molecule has 1 aromatic rings. The third-order valence-corrected chi connectivity index (χ3v) is 3.24. The summed E-state index contributed by atoms with van der Waals surface area (Å²) in [4.78, 5) is 0. The first kappa shape index (κ1) is 12.5. The van der Waals surface area contributed by atoms with Crippen molar-refractivity contribution in [2.45, 2.75) is 13.8 Å². The minimum atomic E-state index is 0.00473. The molecule has 0 heterocycles. The van der Waals surface area contributed by atoms with E-state index in [1.807, 2.05) is 26.0 Å². The van der Waals surface area contributed by atoms with Crippen LogP contribution in [0.4, 0.5) is 5.69 Å². The van der Waals surface area contributed by atoms with Gasteiger partial charge in [-0.05, 0) is 63.4 Å². The lowest BCUT2D eigenvalue weighted by molar-refractivity contribution is 0.785. The van der Waals surface area contributed by atoms with Gasteiger partial charge in [0.1, 0.15) is 0 Å². The lowest BCUT2D eigenvalue weighted by atomic mass is 10.2. The second kappa shape index (κ2) is 5.53. The van der Waals surface area contributed by atoms with E-state index in [-0.39, 0.29) is 5.92 Å². The molecule has 0 radical (unpaired) electrons. The Hall–Kier alpha value is -0.530. The van der Waals surface area contributed by atoms with Crippen molar-refractivity contribution in [2.75, 3.05) is 11.9 Å². The van der Waals surface area contributed by atoms with E-state index in [0.29, 0.717) is 6.54 Å². The minimum absolute atomic E-state index is 0.00473. The molecule has 1 aromatic carbocycles. The first-order valence-corrected chi connectivity index (χ1v) is 6.22. The third-order valence-electron chi connectivity index (χ3n) is 1.99. The van der Waals surface area contributed by atoms with E-state index in [1.54, 1.807) is 0 Å². The molecular weight excluding hydrogens is 320 g/mol. The Morgan fingerprint density at radius 1 is 1.40 bits per heavy atom. The SMILES string of the molecule is Cc1cc(Br)c(NCC(C)C#N)c(Br)c1. The zero-order valence-electron chi connectivity index (χ0n) is 8.64. The standard InChI is InChI=1S/C11H12Br2N2/c1-7-3-9(12)11(10(13)4-7)15-6-8(2)5-14/h3-4,8,15H,6H2,1-2H3. The zero-order valence-corrected chi connectivity index (χ0v) is 11.8. The average Bonchev–Trinajstić information content (AvgIpc) is 2.15. The van der Waals surface area contributed by atoms with Crippen molar-refractivity contribution in [2.24, 2.45) is 5.92 Å². The summed E-state index contributed by atoms with van der Waals surface area (Å²) in [7, 11) is 0. The predicted molar refractivity (Wildman–Crippen MR) is 69.8 cm³/mol. The van der Waals surface area contributed by atoms with E-state index in [4.69, 9.17) is 5.26 Å². The molecule has 80 valence electrons. The number of hydrogen-bond acceptors (Lipinski definition) is 2. The summed E-state index contributed by atoms with van der Waals surface area (Å²) in [6, 6.07) is 6.28. The van der Waals surface area contributed by atoms with Crippen LogP contribution in [0.25, 0.3) is 0 Å². The number of rotatable bonds is 3. The van der Waals surface area contributed by atoms with Crippen LogP contribution < -0.4 is 5.32 Å². The van der Waals surface area contributed by atoms with Crippen LogP contribution in [0.2, 0.25) is 0 Å². The lowest BCUT2D eigenvalue weighted by Gasteiger charge is -2.12. The molecule has 0 aliphatic heterocycles. The van der Waals surface area contributed by atoms with E-state index >= 15 is 0 Å². The highest BCUT2D eigenvalue weighted by Crippen LogP contribution is 2.32. The number of benzene rings is 1. The summed E-state index contributed by atoms with van der Waals surface area (Å²) in [5.41, 5.74) is 2.19. The Labute approximate surface area is 107 Å². The van der Waals surface area contributed by atoms with Gasteiger partial charge in [-0.3, -0.25) is 0 Å². The second-order valence-electron chi connectivity index (χ2n) is 3.51. The Kier molecular flexibility index (Phi) is 4.62. The fourth-order valence-electron chi connectivity index (χ4n) is 1.17. The molecule has 0 amide bonds. The first-order valence-electron chi connectivity index (χ1n) is 4.63. The van der Waals surface area contributed by atoms with E-state index < -0.39 is 0 Å². The van der Waals surface area contributed by atoms with Crippen LogP contribution in [-0.4, -0.2) is 6.54 Å². The summed E-state index contributed by atoms with van der Waals surface area (Å²) < 4.78 is 2.03. The van der Waals surface area contributed by atoms with Crippen molar-refractivity contribution in [1.82, 2.24) is 0 Å². The predicted octanol–water partition coefficient (Wildman–Crippen LogP) is 4.09. The molecule has 0 aliphatic rings. The van der Waals surface area contributed by atoms with E-state index in [9.17, 15) is 0 Å². The number of anilines is 1. The lowest BCUT2D eigenvalue weighted by Crippen LogP contribution is -2.10. The van der Waals surface area contributed by atoms with Crippen molar-refractivity contribution >= 4 is 37.5 Å². The molecule has 15 heavy (non-hydrogen) atoms. The van der Waals surface area contributed by atoms with Crippen LogP contribution >= 0.6 is 31.9 Å². The number of aryl methyl sites for hydroxylation is 1. The number of halogens is 2. The smallest absolute Gasteiger partial charge is 0.0671 e. The monoisotopic (exact) mass is 330 g/mol. The quantitative estimate of drug-likeness (QED) is 0.905. The van der Waals surface area contributed by atoms with Crippen LogP contribution in [0.1, 0.15) is 12.5 Å². The van der Waals surface area contributed by atoms with Crippen LogP contribution in [0.3, 0.4) is 0 Å². The van der Waals surface area contributed by atoms with Gasteiger partial charge in [0.2, 0.25) is 0 Å². The van der Waals surface area contributed by atoms with E-state index in [2.05, 4.69) is 43.2 Å². The van der Waals surface area contributed by atoms with Gasteiger partial charge in [-0.25, -0.2) is 0 Å². The van der Waals surface area contributed by atoms with Crippen molar-refractivity contribution < 1.29 is 0 Å². The molecule has 4 heteroatoms. The molecular formula is C11H12Br2N2. The molecule has 0 aromatic heterocycles. The molecule has 0 saturated carbocycles. The molecule has 1 rings (SSSR count). The molecule has 0 aliphatic carbocycles. The minimum Gasteiger partial charge on any atom is -0.382 e.